The van der Waals surface area contributed by atoms with Crippen LogP contribution in [0.15, 0.2) is 0 Å². The number of amides is 1. The number of aliphatic carboxylic acids is 1. The standard InChI is InChI=1S/C14H25NO5/c1-3-19-8-5-7-15(10-11(2)14(17)18)13(16)12-6-4-9-20-12/h11-12H,3-10H2,1-2H3,(H,17,18)/t11?,12-/m0/s1. The average Bonchev–Trinajstić information content (AvgIpc) is 2.95. The summed E-state index contributed by atoms with van der Waals surface area (Å²) in [6.45, 7) is 6.09. The molecule has 1 fully saturated rings. The van der Waals surface area contributed by atoms with Crippen molar-refractivity contribution in [1.82, 2.24) is 4.90 Å². The third kappa shape index (κ3) is 5.46. The first-order valence-electron chi connectivity index (χ1n) is 7.27. The second-order valence-corrected chi connectivity index (χ2v) is 5.08. The highest BCUT2D eigenvalue weighted by Gasteiger charge is 2.29. The van der Waals surface area contributed by atoms with Crippen molar-refractivity contribution in [1.29, 1.82) is 0 Å². The molecule has 0 spiro atoms. The molecule has 1 rings (SSSR count). The molecule has 20 heavy (non-hydrogen) atoms. The van der Waals surface area contributed by atoms with Crippen molar-refractivity contribution in [3.05, 3.63) is 0 Å². The van der Waals surface area contributed by atoms with Crippen molar-refractivity contribution in [2.24, 2.45) is 5.92 Å². The second kappa shape index (κ2) is 8.92. The van der Waals surface area contributed by atoms with Gasteiger partial charge in [0.15, 0.2) is 0 Å². The van der Waals surface area contributed by atoms with E-state index in [1.54, 1.807) is 11.8 Å². The summed E-state index contributed by atoms with van der Waals surface area (Å²) in [5.41, 5.74) is 0. The highest BCUT2D eigenvalue weighted by atomic mass is 16.5. The van der Waals surface area contributed by atoms with Gasteiger partial charge in [-0.2, -0.15) is 0 Å². The van der Waals surface area contributed by atoms with E-state index in [1.807, 2.05) is 6.92 Å². The van der Waals surface area contributed by atoms with Gasteiger partial charge < -0.3 is 19.5 Å². The van der Waals surface area contributed by atoms with Crippen molar-refractivity contribution in [3.8, 4) is 0 Å². The fourth-order valence-electron chi connectivity index (χ4n) is 2.18. The summed E-state index contributed by atoms with van der Waals surface area (Å²) < 4.78 is 10.7. The number of nitrogens with zero attached hydrogens (tertiary/aromatic N) is 1. The first-order valence-corrected chi connectivity index (χ1v) is 7.27. The lowest BCUT2D eigenvalue weighted by atomic mass is 10.1. The molecule has 0 saturated carbocycles. The number of carbonyl (C=O) groups excluding carboxylic acids is 1. The van der Waals surface area contributed by atoms with E-state index in [0.717, 1.165) is 12.8 Å². The number of hydrogen-bond acceptors (Lipinski definition) is 4. The van der Waals surface area contributed by atoms with Crippen LogP contribution in [-0.2, 0) is 19.1 Å². The number of rotatable bonds is 9. The lowest BCUT2D eigenvalue weighted by Crippen LogP contribution is -2.43. The van der Waals surface area contributed by atoms with Gasteiger partial charge in [0.1, 0.15) is 6.10 Å². The molecule has 1 heterocycles. The maximum absolute atomic E-state index is 12.3. The largest absolute Gasteiger partial charge is 0.481 e. The van der Waals surface area contributed by atoms with Gasteiger partial charge in [0.25, 0.3) is 5.91 Å². The fraction of sp³-hybridized carbons (Fsp3) is 0.857. The number of carboxylic acids is 1. The first kappa shape index (κ1) is 16.9. The Morgan fingerprint density at radius 1 is 1.50 bits per heavy atom. The van der Waals surface area contributed by atoms with Crippen LogP contribution >= 0.6 is 0 Å². The Bertz CT molecular complexity index is 315. The molecule has 0 radical (unpaired) electrons. The summed E-state index contributed by atoms with van der Waals surface area (Å²) in [6, 6.07) is 0. The van der Waals surface area contributed by atoms with E-state index in [1.165, 1.54) is 0 Å². The fourth-order valence-corrected chi connectivity index (χ4v) is 2.18. The topological polar surface area (TPSA) is 76.1 Å². The Morgan fingerprint density at radius 3 is 2.80 bits per heavy atom. The lowest BCUT2D eigenvalue weighted by molar-refractivity contribution is -0.146. The second-order valence-electron chi connectivity index (χ2n) is 5.08. The number of hydrogen-bond donors (Lipinski definition) is 1. The Labute approximate surface area is 120 Å². The normalized spacial score (nSPS) is 19.8. The van der Waals surface area contributed by atoms with Gasteiger partial charge in [-0.3, -0.25) is 9.59 Å². The Hall–Kier alpha value is -1.14. The molecule has 0 bridgehead atoms. The summed E-state index contributed by atoms with van der Waals surface area (Å²) in [5.74, 6) is -1.56. The van der Waals surface area contributed by atoms with Crippen LogP contribution in [0.4, 0.5) is 0 Å². The zero-order chi connectivity index (χ0) is 15.0. The molecule has 0 aromatic rings. The van der Waals surface area contributed by atoms with E-state index in [0.29, 0.717) is 32.8 Å². The number of carbonyl (C=O) groups is 2. The van der Waals surface area contributed by atoms with E-state index >= 15 is 0 Å². The lowest BCUT2D eigenvalue weighted by Gasteiger charge is -2.26. The van der Waals surface area contributed by atoms with Crippen LogP contribution in [0.2, 0.25) is 0 Å². The molecular weight excluding hydrogens is 262 g/mol. The highest BCUT2D eigenvalue weighted by Crippen LogP contribution is 2.16. The maximum Gasteiger partial charge on any atom is 0.308 e. The molecule has 0 aliphatic carbocycles. The van der Waals surface area contributed by atoms with E-state index < -0.39 is 18.0 Å². The Balaban J connectivity index is 2.52. The predicted octanol–water partition coefficient (Wildman–Crippen LogP) is 1.14. The van der Waals surface area contributed by atoms with Gasteiger partial charge >= 0.3 is 5.97 Å². The van der Waals surface area contributed by atoms with Gasteiger partial charge in [-0.15, -0.1) is 0 Å². The maximum atomic E-state index is 12.3. The minimum Gasteiger partial charge on any atom is -0.481 e. The molecule has 2 atom stereocenters. The van der Waals surface area contributed by atoms with Gasteiger partial charge in [-0.1, -0.05) is 6.92 Å². The van der Waals surface area contributed by atoms with E-state index in [-0.39, 0.29) is 12.5 Å². The van der Waals surface area contributed by atoms with Crippen molar-refractivity contribution in [2.75, 3.05) is 32.9 Å². The molecule has 1 saturated heterocycles. The van der Waals surface area contributed by atoms with Crippen molar-refractivity contribution in [3.63, 3.8) is 0 Å². The quantitative estimate of drug-likeness (QED) is 0.644. The molecule has 0 aromatic heterocycles. The summed E-state index contributed by atoms with van der Waals surface area (Å²) in [6.07, 6.45) is 1.92. The molecule has 6 heteroatoms. The van der Waals surface area contributed by atoms with Crippen LogP contribution in [0, 0.1) is 5.92 Å². The van der Waals surface area contributed by atoms with Gasteiger partial charge in [0.05, 0.1) is 5.92 Å². The van der Waals surface area contributed by atoms with Crippen LogP contribution in [0.5, 0.6) is 0 Å². The van der Waals surface area contributed by atoms with Gasteiger partial charge in [0.2, 0.25) is 0 Å². The number of carboxylic acid groups (broad SMARTS) is 1. The smallest absolute Gasteiger partial charge is 0.308 e. The van der Waals surface area contributed by atoms with Crippen LogP contribution in [0.25, 0.3) is 0 Å². The van der Waals surface area contributed by atoms with E-state index in [9.17, 15) is 9.59 Å². The number of ether oxygens (including phenoxy) is 2. The molecule has 1 aliphatic heterocycles. The van der Waals surface area contributed by atoms with Crippen LogP contribution in [0.3, 0.4) is 0 Å². The van der Waals surface area contributed by atoms with Crippen LogP contribution in [-0.4, -0.2) is 60.9 Å². The summed E-state index contributed by atoms with van der Waals surface area (Å²) in [7, 11) is 0. The third-order valence-corrected chi connectivity index (χ3v) is 3.35. The molecule has 0 aromatic carbocycles. The first-order chi connectivity index (χ1) is 9.56. The van der Waals surface area contributed by atoms with Crippen molar-refractivity contribution >= 4 is 11.9 Å². The molecule has 6 nitrogen and oxygen atoms in total. The molecule has 1 amide bonds. The van der Waals surface area contributed by atoms with E-state index in [2.05, 4.69) is 0 Å². The Kier molecular flexibility index (Phi) is 7.54. The Morgan fingerprint density at radius 2 is 2.25 bits per heavy atom. The SMILES string of the molecule is CCOCCCN(CC(C)C(=O)O)C(=O)[C@@H]1CCCO1. The zero-order valence-corrected chi connectivity index (χ0v) is 12.3. The molecular formula is C14H25NO5. The van der Waals surface area contributed by atoms with Gasteiger partial charge in [-0.25, -0.2) is 0 Å². The van der Waals surface area contributed by atoms with Crippen LogP contribution in [0.1, 0.15) is 33.1 Å². The van der Waals surface area contributed by atoms with E-state index in [4.69, 9.17) is 14.6 Å². The monoisotopic (exact) mass is 287 g/mol. The van der Waals surface area contributed by atoms with Gasteiger partial charge in [0, 0.05) is 32.9 Å². The average molecular weight is 287 g/mol. The molecule has 116 valence electrons. The van der Waals surface area contributed by atoms with Crippen molar-refractivity contribution < 1.29 is 24.2 Å². The third-order valence-electron chi connectivity index (χ3n) is 3.35. The minimum absolute atomic E-state index is 0.0906. The molecule has 1 aliphatic rings. The molecule has 1 unspecified atom stereocenters. The minimum atomic E-state index is -0.889. The zero-order valence-electron chi connectivity index (χ0n) is 12.3. The summed E-state index contributed by atoms with van der Waals surface area (Å²) in [4.78, 5) is 24.9. The predicted molar refractivity (Wildman–Crippen MR) is 73.5 cm³/mol. The summed E-state index contributed by atoms with van der Waals surface area (Å²) >= 11 is 0. The molecule has 1 N–H and O–H groups in total. The van der Waals surface area contributed by atoms with Crippen LogP contribution < -0.4 is 0 Å². The van der Waals surface area contributed by atoms with Crippen molar-refractivity contribution in [2.45, 2.75) is 39.2 Å². The summed E-state index contributed by atoms with van der Waals surface area (Å²) in [5, 5.41) is 8.99. The highest BCUT2D eigenvalue weighted by molar-refractivity contribution is 5.82. The van der Waals surface area contributed by atoms with Gasteiger partial charge in [-0.05, 0) is 26.2 Å².